The molecule has 0 radical (unpaired) electrons. The summed E-state index contributed by atoms with van der Waals surface area (Å²) in [5.41, 5.74) is 0.927. The Bertz CT molecular complexity index is 395. The molecular weight excluding hydrogens is 260 g/mol. The van der Waals surface area contributed by atoms with E-state index in [2.05, 4.69) is 0 Å². The standard InChI is InChI=1S/C15H22O5/c1-10(16)14-13(19-11(2)17-3)9-18-15(20-14)12-7-5-4-6-8-12/h4-8,10-11,13-16H,9H2,1-3H3/t10-,11?,13-,14+,15-/m1/s1. The van der Waals surface area contributed by atoms with E-state index in [-0.39, 0.29) is 12.4 Å². The Kier molecular flexibility index (Phi) is 5.51. The maximum Gasteiger partial charge on any atom is 0.184 e. The van der Waals surface area contributed by atoms with Gasteiger partial charge in [0.15, 0.2) is 12.6 Å². The highest BCUT2D eigenvalue weighted by Crippen LogP contribution is 2.29. The van der Waals surface area contributed by atoms with Gasteiger partial charge in [0.2, 0.25) is 0 Å². The summed E-state index contributed by atoms with van der Waals surface area (Å²) >= 11 is 0. The molecule has 0 spiro atoms. The SMILES string of the molecule is COC(C)O[C@@H]1CO[C@@H](c2ccccc2)O[C@H]1[C@@H](C)O. The Balaban J connectivity index is 2.04. The molecule has 1 aromatic rings. The number of rotatable bonds is 5. The van der Waals surface area contributed by atoms with Crippen molar-refractivity contribution in [2.45, 2.75) is 44.7 Å². The zero-order chi connectivity index (χ0) is 14.5. The lowest BCUT2D eigenvalue weighted by Crippen LogP contribution is -2.49. The van der Waals surface area contributed by atoms with Crippen molar-refractivity contribution in [1.29, 1.82) is 0 Å². The smallest absolute Gasteiger partial charge is 0.184 e. The molecule has 0 amide bonds. The van der Waals surface area contributed by atoms with Crippen molar-refractivity contribution in [3.8, 4) is 0 Å². The number of hydrogen-bond acceptors (Lipinski definition) is 5. The lowest BCUT2D eigenvalue weighted by atomic mass is 10.1. The van der Waals surface area contributed by atoms with Crippen molar-refractivity contribution in [2.75, 3.05) is 13.7 Å². The van der Waals surface area contributed by atoms with Crippen LogP contribution < -0.4 is 0 Å². The van der Waals surface area contributed by atoms with Crippen LogP contribution in [-0.4, -0.2) is 43.4 Å². The molecule has 0 aliphatic carbocycles. The zero-order valence-corrected chi connectivity index (χ0v) is 12.1. The summed E-state index contributed by atoms with van der Waals surface area (Å²) in [6, 6.07) is 9.65. The van der Waals surface area contributed by atoms with Gasteiger partial charge in [-0.2, -0.15) is 0 Å². The Labute approximate surface area is 119 Å². The van der Waals surface area contributed by atoms with E-state index in [1.54, 1.807) is 21.0 Å². The Morgan fingerprint density at radius 3 is 2.55 bits per heavy atom. The molecule has 1 fully saturated rings. The van der Waals surface area contributed by atoms with Crippen molar-refractivity contribution in [2.24, 2.45) is 0 Å². The van der Waals surface area contributed by atoms with Crippen LogP contribution in [0.1, 0.15) is 25.7 Å². The van der Waals surface area contributed by atoms with E-state index in [1.807, 2.05) is 30.3 Å². The summed E-state index contributed by atoms with van der Waals surface area (Å²) in [6.07, 6.45) is -2.31. The van der Waals surface area contributed by atoms with Gasteiger partial charge in [-0.25, -0.2) is 0 Å². The number of aliphatic hydroxyl groups is 1. The third kappa shape index (κ3) is 3.77. The van der Waals surface area contributed by atoms with Gasteiger partial charge in [-0.05, 0) is 13.8 Å². The number of hydrogen-bond donors (Lipinski definition) is 1. The molecule has 2 rings (SSSR count). The monoisotopic (exact) mass is 282 g/mol. The Hall–Kier alpha value is -0.980. The minimum Gasteiger partial charge on any atom is -0.391 e. The van der Waals surface area contributed by atoms with E-state index >= 15 is 0 Å². The summed E-state index contributed by atoms with van der Waals surface area (Å²) < 4.78 is 22.3. The minimum atomic E-state index is -0.654. The first kappa shape index (κ1) is 15.4. The van der Waals surface area contributed by atoms with Crippen LogP contribution in [-0.2, 0) is 18.9 Å². The van der Waals surface area contributed by atoms with Gasteiger partial charge in [-0.15, -0.1) is 0 Å². The molecule has 1 aliphatic rings. The molecule has 1 unspecified atom stereocenters. The first-order valence-electron chi connectivity index (χ1n) is 6.80. The lowest BCUT2D eigenvalue weighted by Gasteiger charge is -2.38. The molecule has 1 saturated heterocycles. The molecule has 1 aromatic carbocycles. The number of ether oxygens (including phenoxy) is 4. The molecule has 0 aromatic heterocycles. The van der Waals surface area contributed by atoms with Crippen LogP contribution >= 0.6 is 0 Å². The van der Waals surface area contributed by atoms with Crippen LogP contribution in [0.3, 0.4) is 0 Å². The second-order valence-corrected chi connectivity index (χ2v) is 4.90. The average molecular weight is 282 g/mol. The number of benzene rings is 1. The first-order chi connectivity index (χ1) is 9.61. The van der Waals surface area contributed by atoms with E-state index < -0.39 is 18.5 Å². The van der Waals surface area contributed by atoms with E-state index in [9.17, 15) is 5.11 Å². The van der Waals surface area contributed by atoms with Gasteiger partial charge in [0.05, 0.1) is 12.7 Å². The second-order valence-electron chi connectivity index (χ2n) is 4.90. The van der Waals surface area contributed by atoms with Crippen LogP contribution in [0, 0.1) is 0 Å². The highest BCUT2D eigenvalue weighted by atomic mass is 16.7. The zero-order valence-electron chi connectivity index (χ0n) is 12.1. The molecule has 5 atom stereocenters. The van der Waals surface area contributed by atoms with Crippen molar-refractivity contribution in [1.82, 2.24) is 0 Å². The van der Waals surface area contributed by atoms with Crippen LogP contribution in [0.5, 0.6) is 0 Å². The normalized spacial score (nSPS) is 29.9. The van der Waals surface area contributed by atoms with Gasteiger partial charge in [0.1, 0.15) is 12.2 Å². The van der Waals surface area contributed by atoms with Gasteiger partial charge >= 0.3 is 0 Å². The molecule has 112 valence electrons. The van der Waals surface area contributed by atoms with Gasteiger partial charge in [-0.1, -0.05) is 30.3 Å². The third-order valence-electron chi connectivity index (χ3n) is 3.30. The third-order valence-corrected chi connectivity index (χ3v) is 3.30. The van der Waals surface area contributed by atoms with Crippen molar-refractivity contribution in [3.05, 3.63) is 35.9 Å². The van der Waals surface area contributed by atoms with Crippen LogP contribution in [0.4, 0.5) is 0 Å². The second kappa shape index (κ2) is 7.15. The van der Waals surface area contributed by atoms with E-state index in [1.165, 1.54) is 0 Å². The number of methoxy groups -OCH3 is 1. The molecular formula is C15H22O5. The highest BCUT2D eigenvalue weighted by molar-refractivity contribution is 5.16. The van der Waals surface area contributed by atoms with Crippen LogP contribution in [0.2, 0.25) is 0 Å². The van der Waals surface area contributed by atoms with Gasteiger partial charge < -0.3 is 24.1 Å². The maximum absolute atomic E-state index is 9.90. The summed E-state index contributed by atoms with van der Waals surface area (Å²) in [5, 5.41) is 9.90. The van der Waals surface area contributed by atoms with Gasteiger partial charge in [0, 0.05) is 12.7 Å². The Morgan fingerprint density at radius 1 is 1.25 bits per heavy atom. The molecule has 0 bridgehead atoms. The molecule has 1 N–H and O–H groups in total. The molecule has 1 aliphatic heterocycles. The van der Waals surface area contributed by atoms with Crippen molar-refractivity contribution in [3.63, 3.8) is 0 Å². The predicted octanol–water partition coefficient (Wildman–Crippen LogP) is 1.86. The van der Waals surface area contributed by atoms with E-state index in [0.717, 1.165) is 5.56 Å². The summed E-state index contributed by atoms with van der Waals surface area (Å²) in [7, 11) is 1.57. The first-order valence-corrected chi connectivity index (χ1v) is 6.80. The molecule has 0 saturated carbocycles. The fraction of sp³-hybridized carbons (Fsp3) is 0.600. The largest absolute Gasteiger partial charge is 0.391 e. The van der Waals surface area contributed by atoms with Crippen molar-refractivity contribution < 1.29 is 24.1 Å². The van der Waals surface area contributed by atoms with Gasteiger partial charge in [0.25, 0.3) is 0 Å². The highest BCUT2D eigenvalue weighted by Gasteiger charge is 2.37. The quantitative estimate of drug-likeness (QED) is 0.835. The average Bonchev–Trinajstić information content (AvgIpc) is 2.48. The van der Waals surface area contributed by atoms with Gasteiger partial charge in [-0.3, -0.25) is 0 Å². The maximum atomic E-state index is 9.90. The summed E-state index contributed by atoms with van der Waals surface area (Å²) in [6.45, 7) is 3.83. The van der Waals surface area contributed by atoms with Crippen molar-refractivity contribution >= 4 is 0 Å². The molecule has 20 heavy (non-hydrogen) atoms. The molecule has 5 nitrogen and oxygen atoms in total. The predicted molar refractivity (Wildman–Crippen MR) is 73.0 cm³/mol. The Morgan fingerprint density at radius 2 is 1.95 bits per heavy atom. The summed E-state index contributed by atoms with van der Waals surface area (Å²) in [4.78, 5) is 0. The van der Waals surface area contributed by atoms with E-state index in [0.29, 0.717) is 6.61 Å². The minimum absolute atomic E-state index is 0.350. The fourth-order valence-corrected chi connectivity index (χ4v) is 2.17. The topological polar surface area (TPSA) is 57.2 Å². The molecule has 1 heterocycles. The molecule has 5 heteroatoms. The van der Waals surface area contributed by atoms with Crippen LogP contribution in [0.25, 0.3) is 0 Å². The van der Waals surface area contributed by atoms with Crippen LogP contribution in [0.15, 0.2) is 30.3 Å². The fourth-order valence-electron chi connectivity index (χ4n) is 2.17. The van der Waals surface area contributed by atoms with E-state index in [4.69, 9.17) is 18.9 Å². The lowest BCUT2D eigenvalue weighted by molar-refractivity contribution is -0.303. The summed E-state index contributed by atoms with van der Waals surface area (Å²) in [5.74, 6) is 0. The number of aliphatic hydroxyl groups excluding tert-OH is 1.